The molecule has 84 valence electrons. The number of hydrogen-bond donors (Lipinski definition) is 1. The maximum atomic E-state index is 9.20. The quantitative estimate of drug-likeness (QED) is 0.836. The van der Waals surface area contributed by atoms with Crippen molar-refractivity contribution in [1.29, 1.82) is 5.26 Å². The number of hydrogen-bond acceptors (Lipinski definition) is 3. The molecule has 0 aliphatic rings. The van der Waals surface area contributed by atoms with Crippen LogP contribution in [0.4, 0.5) is 0 Å². The third kappa shape index (κ3) is 2.33. The Morgan fingerprint density at radius 3 is 2.59 bits per heavy atom. The molecule has 0 atom stereocenters. The Kier molecular flexibility index (Phi) is 3.48. The van der Waals surface area contributed by atoms with Crippen molar-refractivity contribution >= 4 is 34.2 Å². The molecule has 2 rings (SSSR count). The zero-order valence-corrected chi connectivity index (χ0v) is 10.4. The molecule has 1 aromatic heterocycles. The lowest BCUT2D eigenvalue weighted by atomic mass is 10.1. The van der Waals surface area contributed by atoms with Gasteiger partial charge < -0.3 is 5.73 Å². The lowest BCUT2D eigenvalue weighted by Crippen LogP contribution is -2.00. The van der Waals surface area contributed by atoms with Gasteiger partial charge in [-0.1, -0.05) is 35.9 Å². The minimum Gasteiger partial charge on any atom is -0.397 e. The van der Waals surface area contributed by atoms with Gasteiger partial charge in [-0.15, -0.1) is 11.3 Å². The second-order valence-electron chi connectivity index (χ2n) is 3.36. The predicted octanol–water partition coefficient (Wildman–Crippen LogP) is 3.75. The first kappa shape index (κ1) is 11.7. The van der Waals surface area contributed by atoms with Gasteiger partial charge in [-0.2, -0.15) is 5.26 Å². The molecule has 2 aromatic rings. The fourth-order valence-electron chi connectivity index (χ4n) is 1.48. The van der Waals surface area contributed by atoms with Gasteiger partial charge in [0.1, 0.15) is 6.07 Å². The van der Waals surface area contributed by atoms with E-state index in [1.807, 2.05) is 35.7 Å². The summed E-state index contributed by atoms with van der Waals surface area (Å²) in [5, 5.41) is 11.7. The Morgan fingerprint density at radius 1 is 1.24 bits per heavy atom. The average molecular weight is 261 g/mol. The van der Waals surface area contributed by atoms with Crippen molar-refractivity contribution in [2.45, 2.75) is 0 Å². The molecule has 2 N–H and O–H groups in total. The van der Waals surface area contributed by atoms with Crippen molar-refractivity contribution in [2.24, 2.45) is 5.73 Å². The Morgan fingerprint density at radius 2 is 2.00 bits per heavy atom. The maximum Gasteiger partial charge on any atom is 0.103 e. The third-order valence-electron chi connectivity index (χ3n) is 2.31. The number of halogens is 1. The molecule has 1 aromatic carbocycles. The molecular formula is C13H9ClN2S. The molecule has 0 unspecified atom stereocenters. The summed E-state index contributed by atoms with van der Waals surface area (Å²) in [5.41, 5.74) is 7.60. The van der Waals surface area contributed by atoms with Crippen LogP contribution in [0.3, 0.4) is 0 Å². The van der Waals surface area contributed by atoms with Crippen molar-refractivity contribution in [1.82, 2.24) is 0 Å². The fraction of sp³-hybridized carbons (Fsp3) is 0. The van der Waals surface area contributed by atoms with E-state index in [2.05, 4.69) is 6.07 Å². The molecule has 0 amide bonds. The standard InChI is InChI=1S/C13H9ClN2S/c14-11-5-2-1-4-9(11)13(16)10(8-15)12-6-3-7-17-12/h1-7H,16H2/b13-10-. The van der Waals surface area contributed by atoms with Crippen molar-refractivity contribution in [3.05, 3.63) is 57.2 Å². The maximum absolute atomic E-state index is 9.20. The number of allylic oxidation sites excluding steroid dienone is 1. The second-order valence-corrected chi connectivity index (χ2v) is 4.71. The molecule has 0 aliphatic carbocycles. The van der Waals surface area contributed by atoms with Crippen LogP contribution >= 0.6 is 22.9 Å². The topological polar surface area (TPSA) is 49.8 Å². The van der Waals surface area contributed by atoms with Gasteiger partial charge in [0.25, 0.3) is 0 Å². The summed E-state index contributed by atoms with van der Waals surface area (Å²) in [5.74, 6) is 0. The van der Waals surface area contributed by atoms with E-state index >= 15 is 0 Å². The first-order valence-corrected chi connectivity index (χ1v) is 6.18. The van der Waals surface area contributed by atoms with Gasteiger partial charge in [0, 0.05) is 15.5 Å². The van der Waals surface area contributed by atoms with Gasteiger partial charge in [-0.05, 0) is 17.5 Å². The zero-order chi connectivity index (χ0) is 12.3. The van der Waals surface area contributed by atoms with E-state index in [9.17, 15) is 5.26 Å². The molecule has 0 saturated carbocycles. The van der Waals surface area contributed by atoms with Gasteiger partial charge in [-0.25, -0.2) is 0 Å². The van der Waals surface area contributed by atoms with Crippen molar-refractivity contribution < 1.29 is 0 Å². The molecule has 0 saturated heterocycles. The van der Waals surface area contributed by atoms with E-state index in [0.29, 0.717) is 21.9 Å². The normalized spacial score (nSPS) is 11.8. The summed E-state index contributed by atoms with van der Waals surface area (Å²) in [6.45, 7) is 0. The van der Waals surface area contributed by atoms with E-state index in [1.54, 1.807) is 6.07 Å². The Labute approximate surface area is 109 Å². The van der Waals surface area contributed by atoms with Gasteiger partial charge >= 0.3 is 0 Å². The van der Waals surface area contributed by atoms with Gasteiger partial charge in [0.05, 0.1) is 11.3 Å². The zero-order valence-electron chi connectivity index (χ0n) is 8.85. The largest absolute Gasteiger partial charge is 0.397 e. The Hall–Kier alpha value is -1.76. The molecule has 0 radical (unpaired) electrons. The lowest BCUT2D eigenvalue weighted by Gasteiger charge is -2.06. The number of benzene rings is 1. The van der Waals surface area contributed by atoms with Crippen LogP contribution in [0.2, 0.25) is 5.02 Å². The van der Waals surface area contributed by atoms with Crippen LogP contribution in [0.1, 0.15) is 10.4 Å². The number of thiophene rings is 1. The van der Waals surface area contributed by atoms with Crippen LogP contribution in [-0.2, 0) is 0 Å². The minimum absolute atomic E-state index is 0.417. The molecule has 0 spiro atoms. The smallest absolute Gasteiger partial charge is 0.103 e. The summed E-state index contributed by atoms with van der Waals surface area (Å²) in [4.78, 5) is 0.852. The lowest BCUT2D eigenvalue weighted by molar-refractivity contribution is 1.49. The highest BCUT2D eigenvalue weighted by Gasteiger charge is 2.11. The molecule has 17 heavy (non-hydrogen) atoms. The molecule has 0 fully saturated rings. The van der Waals surface area contributed by atoms with Crippen molar-refractivity contribution in [2.75, 3.05) is 0 Å². The van der Waals surface area contributed by atoms with Crippen LogP contribution in [0, 0.1) is 11.3 Å². The fourth-order valence-corrected chi connectivity index (χ4v) is 2.46. The van der Waals surface area contributed by atoms with Crippen LogP contribution < -0.4 is 5.73 Å². The SMILES string of the molecule is N#C/C(=C(/N)c1ccccc1Cl)c1cccs1. The molecule has 4 heteroatoms. The minimum atomic E-state index is 0.417. The first-order valence-electron chi connectivity index (χ1n) is 4.92. The van der Waals surface area contributed by atoms with Crippen LogP contribution in [0.5, 0.6) is 0 Å². The average Bonchev–Trinajstić information content (AvgIpc) is 2.84. The monoisotopic (exact) mass is 260 g/mol. The highest BCUT2D eigenvalue weighted by atomic mass is 35.5. The molecule has 0 aliphatic heterocycles. The van der Waals surface area contributed by atoms with E-state index in [1.165, 1.54) is 11.3 Å². The highest BCUT2D eigenvalue weighted by Crippen LogP contribution is 2.29. The van der Waals surface area contributed by atoms with E-state index < -0.39 is 0 Å². The number of nitrogens with zero attached hydrogens (tertiary/aromatic N) is 1. The molecule has 0 bridgehead atoms. The first-order chi connectivity index (χ1) is 8.24. The summed E-state index contributed by atoms with van der Waals surface area (Å²) >= 11 is 7.54. The Balaban J connectivity index is 2.58. The highest BCUT2D eigenvalue weighted by molar-refractivity contribution is 7.11. The molecule has 1 heterocycles. The van der Waals surface area contributed by atoms with E-state index in [4.69, 9.17) is 17.3 Å². The Bertz CT molecular complexity index is 594. The van der Waals surface area contributed by atoms with Gasteiger partial charge in [0.15, 0.2) is 0 Å². The summed E-state index contributed by atoms with van der Waals surface area (Å²) in [6.07, 6.45) is 0. The van der Waals surface area contributed by atoms with Gasteiger partial charge in [0.2, 0.25) is 0 Å². The summed E-state index contributed by atoms with van der Waals surface area (Å²) in [7, 11) is 0. The third-order valence-corrected chi connectivity index (χ3v) is 3.53. The molecular weight excluding hydrogens is 252 g/mol. The van der Waals surface area contributed by atoms with Crippen LogP contribution in [0.25, 0.3) is 11.3 Å². The number of nitriles is 1. The van der Waals surface area contributed by atoms with Crippen molar-refractivity contribution in [3.63, 3.8) is 0 Å². The van der Waals surface area contributed by atoms with Crippen LogP contribution in [0.15, 0.2) is 41.8 Å². The van der Waals surface area contributed by atoms with Crippen LogP contribution in [-0.4, -0.2) is 0 Å². The number of nitrogens with two attached hydrogens (primary N) is 1. The second kappa shape index (κ2) is 5.05. The summed E-state index contributed by atoms with van der Waals surface area (Å²) < 4.78 is 0. The van der Waals surface area contributed by atoms with E-state index in [0.717, 1.165) is 4.88 Å². The molecule has 2 nitrogen and oxygen atoms in total. The van der Waals surface area contributed by atoms with Crippen molar-refractivity contribution in [3.8, 4) is 6.07 Å². The summed E-state index contributed by atoms with van der Waals surface area (Å²) in [6, 6.07) is 13.1. The number of rotatable bonds is 2. The predicted molar refractivity (Wildman–Crippen MR) is 72.4 cm³/mol. The van der Waals surface area contributed by atoms with E-state index in [-0.39, 0.29) is 0 Å². The van der Waals surface area contributed by atoms with Gasteiger partial charge in [-0.3, -0.25) is 0 Å².